The van der Waals surface area contributed by atoms with Crippen LogP contribution in [0.1, 0.15) is 32.3 Å². The smallest absolute Gasteiger partial charge is 0.0452 e. The van der Waals surface area contributed by atoms with Crippen LogP contribution >= 0.6 is 23.2 Å². The third-order valence-corrected chi connectivity index (χ3v) is 3.49. The Hall–Kier alpha value is -0.240. The van der Waals surface area contributed by atoms with E-state index >= 15 is 0 Å². The van der Waals surface area contributed by atoms with Crippen LogP contribution in [0.4, 0.5) is 0 Å². The Kier molecular flexibility index (Phi) is 5.10. The van der Waals surface area contributed by atoms with E-state index in [0.29, 0.717) is 5.02 Å². The van der Waals surface area contributed by atoms with Gasteiger partial charge < -0.3 is 5.73 Å². The molecular formula is C13H19Cl2N. The van der Waals surface area contributed by atoms with Crippen molar-refractivity contribution in [3.05, 3.63) is 33.8 Å². The third kappa shape index (κ3) is 4.32. The van der Waals surface area contributed by atoms with Gasteiger partial charge in [-0.25, -0.2) is 0 Å². The number of benzene rings is 1. The molecule has 0 heterocycles. The predicted molar refractivity (Wildman–Crippen MR) is 72.2 cm³/mol. The minimum absolute atomic E-state index is 0.276. The van der Waals surface area contributed by atoms with E-state index in [2.05, 4.69) is 13.8 Å². The van der Waals surface area contributed by atoms with Crippen molar-refractivity contribution in [2.24, 2.45) is 11.1 Å². The lowest BCUT2D eigenvalue weighted by atomic mass is 9.83. The second kappa shape index (κ2) is 5.90. The summed E-state index contributed by atoms with van der Waals surface area (Å²) in [5, 5.41) is 1.45. The molecule has 0 amide bonds. The van der Waals surface area contributed by atoms with Crippen LogP contribution in [0.15, 0.2) is 18.2 Å². The average Bonchev–Trinajstić information content (AvgIpc) is 2.16. The quantitative estimate of drug-likeness (QED) is 0.839. The second-order valence-corrected chi connectivity index (χ2v) is 5.78. The van der Waals surface area contributed by atoms with E-state index < -0.39 is 0 Å². The first-order valence-corrected chi connectivity index (χ1v) is 6.34. The largest absolute Gasteiger partial charge is 0.330 e. The highest BCUT2D eigenvalue weighted by Gasteiger charge is 2.17. The van der Waals surface area contributed by atoms with Gasteiger partial charge in [-0.3, -0.25) is 0 Å². The van der Waals surface area contributed by atoms with Crippen molar-refractivity contribution < 1.29 is 0 Å². The fraction of sp³-hybridized carbons (Fsp3) is 0.538. The lowest BCUT2D eigenvalue weighted by Gasteiger charge is -2.23. The number of nitrogens with two attached hydrogens (primary N) is 1. The highest BCUT2D eigenvalue weighted by molar-refractivity contribution is 6.35. The molecule has 0 unspecified atom stereocenters. The van der Waals surface area contributed by atoms with Gasteiger partial charge in [-0.2, -0.15) is 0 Å². The van der Waals surface area contributed by atoms with E-state index in [1.165, 1.54) is 0 Å². The van der Waals surface area contributed by atoms with Crippen LogP contribution in [0, 0.1) is 5.41 Å². The van der Waals surface area contributed by atoms with Crippen LogP contribution < -0.4 is 5.73 Å². The number of hydrogen-bond acceptors (Lipinski definition) is 1. The number of rotatable bonds is 5. The van der Waals surface area contributed by atoms with Crippen LogP contribution in [0.5, 0.6) is 0 Å². The zero-order valence-electron chi connectivity index (χ0n) is 9.89. The molecule has 0 saturated carbocycles. The SMILES string of the molecule is CC(C)(CCN)CCc1ccc(Cl)cc1Cl. The summed E-state index contributed by atoms with van der Waals surface area (Å²) in [5.41, 5.74) is 7.03. The van der Waals surface area contributed by atoms with Crippen LogP contribution in [0.2, 0.25) is 10.0 Å². The highest BCUT2D eigenvalue weighted by Crippen LogP contribution is 2.29. The highest BCUT2D eigenvalue weighted by atomic mass is 35.5. The van der Waals surface area contributed by atoms with Gasteiger partial charge in [-0.05, 0) is 48.9 Å². The van der Waals surface area contributed by atoms with Crippen LogP contribution in [-0.4, -0.2) is 6.54 Å². The van der Waals surface area contributed by atoms with Crippen molar-refractivity contribution in [2.75, 3.05) is 6.54 Å². The van der Waals surface area contributed by atoms with E-state index in [1.54, 1.807) is 6.07 Å². The van der Waals surface area contributed by atoms with Crippen molar-refractivity contribution in [3.8, 4) is 0 Å². The second-order valence-electron chi connectivity index (χ2n) is 4.94. The minimum atomic E-state index is 0.276. The molecule has 0 fully saturated rings. The summed E-state index contributed by atoms with van der Waals surface area (Å²) >= 11 is 12.0. The van der Waals surface area contributed by atoms with Gasteiger partial charge in [0.1, 0.15) is 0 Å². The van der Waals surface area contributed by atoms with Gasteiger partial charge in [0.2, 0.25) is 0 Å². The molecule has 0 aliphatic rings. The summed E-state index contributed by atoms with van der Waals surface area (Å²) in [6, 6.07) is 5.69. The molecule has 1 aromatic rings. The minimum Gasteiger partial charge on any atom is -0.330 e. The van der Waals surface area contributed by atoms with Gasteiger partial charge in [-0.15, -0.1) is 0 Å². The van der Waals surface area contributed by atoms with E-state index in [4.69, 9.17) is 28.9 Å². The van der Waals surface area contributed by atoms with Gasteiger partial charge in [0.25, 0.3) is 0 Å². The van der Waals surface area contributed by atoms with Crippen molar-refractivity contribution in [1.82, 2.24) is 0 Å². The van der Waals surface area contributed by atoms with E-state index in [9.17, 15) is 0 Å². The summed E-state index contributed by atoms with van der Waals surface area (Å²) in [5.74, 6) is 0. The van der Waals surface area contributed by atoms with E-state index in [1.807, 2.05) is 12.1 Å². The van der Waals surface area contributed by atoms with E-state index in [-0.39, 0.29) is 5.41 Å². The van der Waals surface area contributed by atoms with Gasteiger partial charge in [0.05, 0.1) is 0 Å². The maximum Gasteiger partial charge on any atom is 0.0452 e. The third-order valence-electron chi connectivity index (χ3n) is 2.91. The Bertz CT molecular complexity index is 348. The van der Waals surface area contributed by atoms with Crippen molar-refractivity contribution in [2.45, 2.75) is 33.1 Å². The molecule has 3 heteroatoms. The van der Waals surface area contributed by atoms with E-state index in [0.717, 1.165) is 36.4 Å². The molecular weight excluding hydrogens is 241 g/mol. The molecule has 90 valence electrons. The summed E-state index contributed by atoms with van der Waals surface area (Å²) in [7, 11) is 0. The summed E-state index contributed by atoms with van der Waals surface area (Å²) in [6.07, 6.45) is 3.10. The van der Waals surface area contributed by atoms with Crippen molar-refractivity contribution in [1.29, 1.82) is 0 Å². The molecule has 0 aliphatic heterocycles. The number of hydrogen-bond donors (Lipinski definition) is 1. The van der Waals surface area contributed by atoms with Crippen LogP contribution in [0.25, 0.3) is 0 Å². The Labute approximate surface area is 108 Å². The first-order chi connectivity index (χ1) is 7.44. The lowest BCUT2D eigenvalue weighted by Crippen LogP contribution is -2.17. The van der Waals surface area contributed by atoms with Gasteiger partial charge in [-0.1, -0.05) is 43.1 Å². The summed E-state index contributed by atoms with van der Waals surface area (Å²) in [4.78, 5) is 0. The molecule has 0 atom stereocenters. The molecule has 0 saturated heterocycles. The molecule has 0 spiro atoms. The Morgan fingerprint density at radius 3 is 2.44 bits per heavy atom. The fourth-order valence-electron chi connectivity index (χ4n) is 1.71. The summed E-state index contributed by atoms with van der Waals surface area (Å²) in [6.45, 7) is 5.22. The topological polar surface area (TPSA) is 26.0 Å². The molecule has 0 radical (unpaired) electrons. The monoisotopic (exact) mass is 259 g/mol. The molecule has 16 heavy (non-hydrogen) atoms. The van der Waals surface area contributed by atoms with Crippen molar-refractivity contribution in [3.63, 3.8) is 0 Å². The first-order valence-electron chi connectivity index (χ1n) is 5.58. The predicted octanol–water partition coefficient (Wildman–Crippen LogP) is 4.30. The van der Waals surface area contributed by atoms with Gasteiger partial charge >= 0.3 is 0 Å². The first kappa shape index (κ1) is 13.8. The van der Waals surface area contributed by atoms with Crippen LogP contribution in [-0.2, 0) is 6.42 Å². The Morgan fingerprint density at radius 2 is 1.88 bits per heavy atom. The van der Waals surface area contributed by atoms with Gasteiger partial charge in [0.15, 0.2) is 0 Å². The van der Waals surface area contributed by atoms with Crippen molar-refractivity contribution >= 4 is 23.2 Å². The molecule has 0 aromatic heterocycles. The summed E-state index contributed by atoms with van der Waals surface area (Å²) < 4.78 is 0. The average molecular weight is 260 g/mol. The zero-order valence-corrected chi connectivity index (χ0v) is 11.4. The molecule has 1 nitrogen and oxygen atoms in total. The lowest BCUT2D eigenvalue weighted by molar-refractivity contribution is 0.313. The molecule has 2 N–H and O–H groups in total. The maximum atomic E-state index is 6.13. The molecule has 0 bridgehead atoms. The zero-order chi connectivity index (χ0) is 12.2. The Balaban J connectivity index is 2.61. The molecule has 0 aliphatic carbocycles. The molecule has 1 aromatic carbocycles. The van der Waals surface area contributed by atoms with Crippen LogP contribution in [0.3, 0.4) is 0 Å². The maximum absolute atomic E-state index is 6.13. The Morgan fingerprint density at radius 1 is 1.19 bits per heavy atom. The molecule has 1 rings (SSSR count). The fourth-order valence-corrected chi connectivity index (χ4v) is 2.22. The number of halogens is 2. The van der Waals surface area contributed by atoms with Gasteiger partial charge in [0, 0.05) is 10.0 Å². The normalized spacial score (nSPS) is 11.8. The standard InChI is InChI=1S/C13H19Cl2N/c1-13(2,7-8-16)6-5-10-3-4-11(14)9-12(10)15/h3-4,9H,5-8,16H2,1-2H3. The number of aryl methyl sites for hydroxylation is 1.